The summed E-state index contributed by atoms with van der Waals surface area (Å²) in [4.78, 5) is 17.4. The number of nitrogens with zero attached hydrogens (tertiary/aromatic N) is 2. The van der Waals surface area contributed by atoms with Crippen LogP contribution < -0.4 is 0 Å². The Labute approximate surface area is 81.4 Å². The third kappa shape index (κ3) is 2.06. The van der Waals surface area contributed by atoms with Gasteiger partial charge in [0.15, 0.2) is 0 Å². The van der Waals surface area contributed by atoms with E-state index in [-0.39, 0.29) is 0 Å². The van der Waals surface area contributed by atoms with E-state index in [1.807, 2.05) is 15.8 Å². The highest BCUT2D eigenvalue weighted by Gasteiger charge is 2.19. The zero-order chi connectivity index (χ0) is 9.10. The Hall–Kier alpha value is -0.900. The number of aromatic nitrogens is 1. The largest absolute Gasteiger partial charge is 0.342 e. The Morgan fingerprint density at radius 2 is 2.54 bits per heavy atom. The van der Waals surface area contributed by atoms with Crippen LogP contribution in [0.3, 0.4) is 0 Å². The van der Waals surface area contributed by atoms with E-state index < -0.39 is 0 Å². The Morgan fingerprint density at radius 3 is 3.15 bits per heavy atom. The molecule has 1 aliphatic rings. The Balaban J connectivity index is 1.82. The molecule has 3 nitrogen and oxygen atoms in total. The number of carbonyl (C=O) groups is 1. The molecular weight excluding hydrogens is 184 g/mol. The van der Waals surface area contributed by atoms with Gasteiger partial charge in [0.25, 0.3) is 0 Å². The molecule has 0 aromatic carbocycles. The van der Waals surface area contributed by atoms with Crippen LogP contribution in [-0.4, -0.2) is 28.9 Å². The molecule has 0 bridgehead atoms. The average Bonchev–Trinajstić information content (AvgIpc) is 2.72. The lowest BCUT2D eigenvalue weighted by molar-refractivity contribution is -0.127. The molecule has 1 aliphatic heterocycles. The van der Waals surface area contributed by atoms with E-state index in [4.69, 9.17) is 0 Å². The SMILES string of the molecule is O=C1CCCN1CCc1cscn1. The number of amides is 1. The van der Waals surface area contributed by atoms with Crippen molar-refractivity contribution >= 4 is 17.2 Å². The lowest BCUT2D eigenvalue weighted by atomic mass is 10.3. The van der Waals surface area contributed by atoms with Crippen LogP contribution in [0.2, 0.25) is 0 Å². The van der Waals surface area contributed by atoms with Crippen LogP contribution >= 0.6 is 11.3 Å². The third-order valence-corrected chi connectivity index (χ3v) is 2.93. The van der Waals surface area contributed by atoms with Gasteiger partial charge in [0.1, 0.15) is 0 Å². The summed E-state index contributed by atoms with van der Waals surface area (Å²) in [6, 6.07) is 0. The molecule has 1 saturated heterocycles. The van der Waals surface area contributed by atoms with Gasteiger partial charge in [0.2, 0.25) is 5.91 Å². The fourth-order valence-corrected chi connectivity index (χ4v) is 2.14. The molecule has 0 saturated carbocycles. The second-order valence-electron chi connectivity index (χ2n) is 3.21. The summed E-state index contributed by atoms with van der Waals surface area (Å²) < 4.78 is 0. The molecule has 1 aromatic rings. The maximum absolute atomic E-state index is 11.2. The first kappa shape index (κ1) is 8.69. The lowest BCUT2D eigenvalue weighted by Crippen LogP contribution is -2.26. The van der Waals surface area contributed by atoms with Crippen molar-refractivity contribution in [2.24, 2.45) is 0 Å². The van der Waals surface area contributed by atoms with Gasteiger partial charge in [0.05, 0.1) is 11.2 Å². The molecular formula is C9H12N2OS. The minimum absolute atomic E-state index is 0.301. The molecule has 0 aliphatic carbocycles. The van der Waals surface area contributed by atoms with E-state index in [9.17, 15) is 4.79 Å². The van der Waals surface area contributed by atoms with Gasteiger partial charge in [-0.25, -0.2) is 4.98 Å². The van der Waals surface area contributed by atoms with E-state index >= 15 is 0 Å². The zero-order valence-corrected chi connectivity index (χ0v) is 8.22. The molecule has 70 valence electrons. The van der Waals surface area contributed by atoms with Crippen LogP contribution in [0.5, 0.6) is 0 Å². The molecule has 1 aromatic heterocycles. The zero-order valence-electron chi connectivity index (χ0n) is 7.40. The highest BCUT2D eigenvalue weighted by molar-refractivity contribution is 7.07. The lowest BCUT2D eigenvalue weighted by Gasteiger charge is -2.13. The molecule has 4 heteroatoms. The van der Waals surface area contributed by atoms with Crippen LogP contribution in [0.25, 0.3) is 0 Å². The molecule has 1 amide bonds. The third-order valence-electron chi connectivity index (χ3n) is 2.29. The van der Waals surface area contributed by atoms with Gasteiger partial charge in [-0.3, -0.25) is 4.79 Å². The maximum Gasteiger partial charge on any atom is 0.222 e. The standard InChI is InChI=1S/C9H12N2OS/c12-9-2-1-4-11(9)5-3-8-6-13-7-10-8/h6-7H,1-5H2. The smallest absolute Gasteiger partial charge is 0.222 e. The number of thiazole rings is 1. The fraction of sp³-hybridized carbons (Fsp3) is 0.556. The van der Waals surface area contributed by atoms with Gasteiger partial charge in [-0.15, -0.1) is 11.3 Å². The molecule has 0 atom stereocenters. The van der Waals surface area contributed by atoms with Gasteiger partial charge in [0, 0.05) is 31.3 Å². The number of hydrogen-bond donors (Lipinski definition) is 0. The quantitative estimate of drug-likeness (QED) is 0.730. The summed E-state index contributed by atoms with van der Waals surface area (Å²) in [5.74, 6) is 0.301. The Bertz CT molecular complexity index is 284. The van der Waals surface area contributed by atoms with Crippen LogP contribution in [0.15, 0.2) is 10.9 Å². The summed E-state index contributed by atoms with van der Waals surface area (Å²) in [5.41, 5.74) is 2.94. The van der Waals surface area contributed by atoms with Crippen molar-refractivity contribution in [2.45, 2.75) is 19.3 Å². The molecule has 2 heterocycles. The monoisotopic (exact) mass is 196 g/mol. The fourth-order valence-electron chi connectivity index (χ4n) is 1.55. The van der Waals surface area contributed by atoms with Crippen LogP contribution in [0.4, 0.5) is 0 Å². The van der Waals surface area contributed by atoms with E-state index in [0.717, 1.165) is 38.0 Å². The van der Waals surface area contributed by atoms with Crippen LogP contribution in [0.1, 0.15) is 18.5 Å². The molecule has 0 spiro atoms. The van der Waals surface area contributed by atoms with Crippen molar-refractivity contribution in [3.8, 4) is 0 Å². The van der Waals surface area contributed by atoms with E-state index in [1.165, 1.54) is 0 Å². The molecule has 0 unspecified atom stereocenters. The summed E-state index contributed by atoms with van der Waals surface area (Å²) in [6.07, 6.45) is 2.65. The number of hydrogen-bond acceptors (Lipinski definition) is 3. The molecule has 1 fully saturated rings. The van der Waals surface area contributed by atoms with Crippen molar-refractivity contribution < 1.29 is 4.79 Å². The highest BCUT2D eigenvalue weighted by Crippen LogP contribution is 2.10. The molecule has 2 rings (SSSR count). The van der Waals surface area contributed by atoms with Crippen LogP contribution in [0, 0.1) is 0 Å². The molecule has 13 heavy (non-hydrogen) atoms. The van der Waals surface area contributed by atoms with Gasteiger partial charge < -0.3 is 4.90 Å². The first-order chi connectivity index (χ1) is 6.36. The van der Waals surface area contributed by atoms with E-state index in [2.05, 4.69) is 4.98 Å². The average molecular weight is 196 g/mol. The van der Waals surface area contributed by atoms with Gasteiger partial charge in [-0.05, 0) is 6.42 Å². The molecule has 0 radical (unpaired) electrons. The van der Waals surface area contributed by atoms with Crippen LogP contribution in [-0.2, 0) is 11.2 Å². The summed E-state index contributed by atoms with van der Waals surface area (Å²) in [7, 11) is 0. The summed E-state index contributed by atoms with van der Waals surface area (Å²) >= 11 is 1.61. The van der Waals surface area contributed by atoms with Gasteiger partial charge in [-0.1, -0.05) is 0 Å². The van der Waals surface area contributed by atoms with Crippen molar-refractivity contribution in [3.05, 3.63) is 16.6 Å². The topological polar surface area (TPSA) is 33.2 Å². The van der Waals surface area contributed by atoms with Gasteiger partial charge >= 0.3 is 0 Å². The summed E-state index contributed by atoms with van der Waals surface area (Å²) in [5, 5.41) is 2.04. The maximum atomic E-state index is 11.2. The van der Waals surface area contributed by atoms with E-state index in [1.54, 1.807) is 11.3 Å². The number of rotatable bonds is 3. The first-order valence-corrected chi connectivity index (χ1v) is 5.45. The highest BCUT2D eigenvalue weighted by atomic mass is 32.1. The summed E-state index contributed by atoms with van der Waals surface area (Å²) in [6.45, 7) is 1.77. The first-order valence-electron chi connectivity index (χ1n) is 4.51. The Kier molecular flexibility index (Phi) is 2.59. The number of carbonyl (C=O) groups excluding carboxylic acids is 1. The van der Waals surface area contributed by atoms with Gasteiger partial charge in [-0.2, -0.15) is 0 Å². The van der Waals surface area contributed by atoms with Crippen molar-refractivity contribution in [3.63, 3.8) is 0 Å². The van der Waals surface area contributed by atoms with E-state index in [0.29, 0.717) is 5.91 Å². The minimum Gasteiger partial charge on any atom is -0.342 e. The van der Waals surface area contributed by atoms with Crippen molar-refractivity contribution in [2.75, 3.05) is 13.1 Å². The predicted molar refractivity (Wildman–Crippen MR) is 51.6 cm³/mol. The molecule has 0 N–H and O–H groups in total. The predicted octanol–water partition coefficient (Wildman–Crippen LogP) is 1.31. The number of likely N-dealkylation sites (tertiary alicyclic amines) is 1. The normalized spacial score (nSPS) is 16.9. The van der Waals surface area contributed by atoms with Crippen molar-refractivity contribution in [1.82, 2.24) is 9.88 Å². The minimum atomic E-state index is 0.301. The second-order valence-corrected chi connectivity index (χ2v) is 3.93. The second kappa shape index (κ2) is 3.87. The van der Waals surface area contributed by atoms with Crippen molar-refractivity contribution in [1.29, 1.82) is 0 Å². The Morgan fingerprint density at radius 1 is 1.62 bits per heavy atom.